The summed E-state index contributed by atoms with van der Waals surface area (Å²) in [6, 6.07) is 35.9. The van der Waals surface area contributed by atoms with Crippen molar-refractivity contribution in [3.05, 3.63) is 97.1 Å². The van der Waals surface area contributed by atoms with Crippen molar-refractivity contribution >= 4 is 32.3 Å². The summed E-state index contributed by atoms with van der Waals surface area (Å²) >= 11 is 0. The van der Waals surface area contributed by atoms with Crippen molar-refractivity contribution in [1.82, 2.24) is 0 Å². The standard InChI is InChI=1S/C24H15/c1-2-8-18-15-21(14-13-17(18)7-1)24-22-11-5-3-9-19(22)16-20-10-4-6-12-23(20)24/h1-15H. The summed E-state index contributed by atoms with van der Waals surface area (Å²) in [5.74, 6) is 0. The third-order valence-electron chi connectivity index (χ3n) is 4.70. The SMILES string of the molecule is [c]1c2ccccc2c(-c2ccc3ccccc3c2)c2ccccc12. The molecule has 0 bridgehead atoms. The zero-order valence-corrected chi connectivity index (χ0v) is 13.2. The van der Waals surface area contributed by atoms with Gasteiger partial charge in [-0.1, -0.05) is 84.9 Å². The third-order valence-corrected chi connectivity index (χ3v) is 4.70. The fourth-order valence-electron chi connectivity index (χ4n) is 3.57. The Labute approximate surface area is 141 Å². The summed E-state index contributed by atoms with van der Waals surface area (Å²) in [7, 11) is 0. The highest BCUT2D eigenvalue weighted by molar-refractivity contribution is 6.12. The van der Waals surface area contributed by atoms with Crippen molar-refractivity contribution < 1.29 is 0 Å². The van der Waals surface area contributed by atoms with Crippen LogP contribution in [0, 0.1) is 6.07 Å². The second-order valence-electron chi connectivity index (χ2n) is 6.15. The van der Waals surface area contributed by atoms with Gasteiger partial charge in [0, 0.05) is 0 Å². The minimum atomic E-state index is 1.17. The maximum atomic E-state index is 3.56. The normalized spacial score (nSPS) is 11.3. The number of hydrogen-bond acceptors (Lipinski definition) is 0. The summed E-state index contributed by atoms with van der Waals surface area (Å²) in [6.07, 6.45) is 0. The van der Waals surface area contributed by atoms with E-state index in [0.29, 0.717) is 0 Å². The summed E-state index contributed by atoms with van der Waals surface area (Å²) in [6.45, 7) is 0. The highest BCUT2D eigenvalue weighted by Gasteiger charge is 2.10. The molecule has 0 saturated carbocycles. The van der Waals surface area contributed by atoms with Crippen LogP contribution in [0.15, 0.2) is 91.0 Å². The summed E-state index contributed by atoms with van der Waals surface area (Å²) in [5.41, 5.74) is 2.56. The van der Waals surface area contributed by atoms with Gasteiger partial charge in [0.05, 0.1) is 0 Å². The van der Waals surface area contributed by atoms with Crippen molar-refractivity contribution in [1.29, 1.82) is 0 Å². The van der Waals surface area contributed by atoms with E-state index in [1.165, 1.54) is 43.4 Å². The molecule has 0 nitrogen and oxygen atoms in total. The first kappa shape index (κ1) is 13.3. The van der Waals surface area contributed by atoms with E-state index < -0.39 is 0 Å². The van der Waals surface area contributed by atoms with E-state index in [-0.39, 0.29) is 0 Å². The van der Waals surface area contributed by atoms with E-state index in [1.807, 2.05) is 0 Å². The molecule has 1 radical (unpaired) electrons. The smallest absolute Gasteiger partial charge is 0.00139 e. The first-order valence-corrected chi connectivity index (χ1v) is 8.22. The molecule has 0 unspecified atom stereocenters. The van der Waals surface area contributed by atoms with E-state index in [1.54, 1.807) is 0 Å². The van der Waals surface area contributed by atoms with Gasteiger partial charge in [0.15, 0.2) is 0 Å². The lowest BCUT2D eigenvalue weighted by Gasteiger charge is -2.12. The van der Waals surface area contributed by atoms with Gasteiger partial charge >= 0.3 is 0 Å². The topological polar surface area (TPSA) is 0 Å². The average Bonchev–Trinajstić information content (AvgIpc) is 2.65. The number of rotatable bonds is 1. The van der Waals surface area contributed by atoms with E-state index >= 15 is 0 Å². The summed E-state index contributed by atoms with van der Waals surface area (Å²) in [5, 5.41) is 7.39. The molecule has 24 heavy (non-hydrogen) atoms. The molecule has 0 aromatic heterocycles. The van der Waals surface area contributed by atoms with E-state index in [4.69, 9.17) is 0 Å². The molecule has 0 saturated heterocycles. The minimum absolute atomic E-state index is 1.17. The van der Waals surface area contributed by atoms with Crippen LogP contribution in [-0.4, -0.2) is 0 Å². The van der Waals surface area contributed by atoms with Gasteiger partial charge in [0.2, 0.25) is 0 Å². The maximum Gasteiger partial charge on any atom is -0.00139 e. The van der Waals surface area contributed by atoms with E-state index in [2.05, 4.69) is 97.1 Å². The number of hydrogen-bond donors (Lipinski definition) is 0. The van der Waals surface area contributed by atoms with Gasteiger partial charge < -0.3 is 0 Å². The van der Waals surface area contributed by atoms with Crippen LogP contribution in [-0.2, 0) is 0 Å². The molecule has 111 valence electrons. The predicted octanol–water partition coefficient (Wildman–Crippen LogP) is 6.61. The second-order valence-corrected chi connectivity index (χ2v) is 6.15. The Kier molecular flexibility index (Phi) is 2.89. The summed E-state index contributed by atoms with van der Waals surface area (Å²) in [4.78, 5) is 0. The van der Waals surface area contributed by atoms with Gasteiger partial charge in [-0.25, -0.2) is 0 Å². The molecule has 5 aromatic carbocycles. The lowest BCUT2D eigenvalue weighted by molar-refractivity contribution is 1.70. The van der Waals surface area contributed by atoms with Crippen molar-refractivity contribution in [3.8, 4) is 11.1 Å². The predicted molar refractivity (Wildman–Crippen MR) is 103 cm³/mol. The fraction of sp³-hybridized carbons (Fsp3) is 0. The lowest BCUT2D eigenvalue weighted by atomic mass is 9.91. The lowest BCUT2D eigenvalue weighted by Crippen LogP contribution is -1.86. The Morgan fingerprint density at radius 3 is 1.79 bits per heavy atom. The van der Waals surface area contributed by atoms with Crippen LogP contribution in [0.2, 0.25) is 0 Å². The molecular weight excluding hydrogens is 288 g/mol. The van der Waals surface area contributed by atoms with Gasteiger partial charge in [0.25, 0.3) is 0 Å². The van der Waals surface area contributed by atoms with Crippen molar-refractivity contribution in [2.24, 2.45) is 0 Å². The molecule has 0 aliphatic carbocycles. The molecule has 0 spiro atoms. The zero-order valence-electron chi connectivity index (χ0n) is 13.2. The van der Waals surface area contributed by atoms with Crippen LogP contribution < -0.4 is 0 Å². The molecule has 0 N–H and O–H groups in total. The van der Waals surface area contributed by atoms with Crippen LogP contribution in [0.25, 0.3) is 43.4 Å². The molecule has 0 atom stereocenters. The van der Waals surface area contributed by atoms with E-state index in [9.17, 15) is 0 Å². The average molecular weight is 303 g/mol. The molecule has 0 amide bonds. The molecule has 5 rings (SSSR count). The molecule has 0 aliphatic heterocycles. The Balaban J connectivity index is 1.94. The third kappa shape index (κ3) is 2.00. The van der Waals surface area contributed by atoms with Gasteiger partial charge in [-0.2, -0.15) is 0 Å². The largest absolute Gasteiger partial charge is 0.0616 e. The Morgan fingerprint density at radius 2 is 1.08 bits per heavy atom. The van der Waals surface area contributed by atoms with Gasteiger partial charge in [-0.3, -0.25) is 0 Å². The first-order chi connectivity index (χ1) is 11.9. The molecule has 0 heteroatoms. The van der Waals surface area contributed by atoms with Crippen LogP contribution in [0.4, 0.5) is 0 Å². The Bertz CT molecular complexity index is 1140. The Morgan fingerprint density at radius 1 is 0.500 bits per heavy atom. The van der Waals surface area contributed by atoms with Crippen LogP contribution >= 0.6 is 0 Å². The molecular formula is C24H15. The monoisotopic (exact) mass is 303 g/mol. The molecule has 5 aromatic rings. The highest BCUT2D eigenvalue weighted by atomic mass is 14.1. The molecule has 0 heterocycles. The number of benzene rings is 5. The van der Waals surface area contributed by atoms with Crippen LogP contribution in [0.3, 0.4) is 0 Å². The molecule has 0 fully saturated rings. The second kappa shape index (κ2) is 5.21. The maximum absolute atomic E-state index is 3.56. The Hall–Kier alpha value is -3.12. The van der Waals surface area contributed by atoms with E-state index in [0.717, 1.165) is 0 Å². The van der Waals surface area contributed by atoms with Gasteiger partial charge in [0.1, 0.15) is 0 Å². The summed E-state index contributed by atoms with van der Waals surface area (Å²) < 4.78 is 0. The van der Waals surface area contributed by atoms with Crippen molar-refractivity contribution in [2.75, 3.05) is 0 Å². The highest BCUT2D eigenvalue weighted by Crippen LogP contribution is 2.37. The quantitative estimate of drug-likeness (QED) is 0.305. The minimum Gasteiger partial charge on any atom is -0.0616 e. The van der Waals surface area contributed by atoms with Crippen LogP contribution in [0.5, 0.6) is 0 Å². The van der Waals surface area contributed by atoms with Gasteiger partial charge in [-0.15, -0.1) is 0 Å². The van der Waals surface area contributed by atoms with Crippen molar-refractivity contribution in [3.63, 3.8) is 0 Å². The van der Waals surface area contributed by atoms with Crippen molar-refractivity contribution in [2.45, 2.75) is 0 Å². The van der Waals surface area contributed by atoms with Crippen LogP contribution in [0.1, 0.15) is 0 Å². The zero-order chi connectivity index (χ0) is 15.9. The molecule has 0 aliphatic rings. The first-order valence-electron chi connectivity index (χ1n) is 8.22. The van der Waals surface area contributed by atoms with Gasteiger partial charge in [-0.05, 0) is 55.6 Å². The number of fused-ring (bicyclic) bond motifs is 3. The fourth-order valence-corrected chi connectivity index (χ4v) is 3.57.